The molecular weight excluding hydrogens is 298 g/mol. The van der Waals surface area contributed by atoms with Gasteiger partial charge in [-0.2, -0.15) is 0 Å². The van der Waals surface area contributed by atoms with Crippen LogP contribution in [0.1, 0.15) is 70.0 Å². The molecule has 124 valence electrons. The molecule has 0 amide bonds. The van der Waals surface area contributed by atoms with Crippen LogP contribution >= 0.6 is 0 Å². The van der Waals surface area contributed by atoms with Gasteiger partial charge in [0.15, 0.2) is 11.6 Å². The van der Waals surface area contributed by atoms with Gasteiger partial charge < -0.3 is 5.32 Å². The molecule has 2 aromatic rings. The predicted molar refractivity (Wildman–Crippen MR) is 97.1 cm³/mol. The van der Waals surface area contributed by atoms with Gasteiger partial charge >= 0.3 is 0 Å². The molecule has 3 rings (SSSR count). The molecule has 3 heteroatoms. The summed E-state index contributed by atoms with van der Waals surface area (Å²) in [5.74, 6) is -0.104. The van der Waals surface area contributed by atoms with E-state index in [1.165, 1.54) is 19.3 Å². The summed E-state index contributed by atoms with van der Waals surface area (Å²) in [6, 6.07) is 11.0. The van der Waals surface area contributed by atoms with E-state index in [1.54, 1.807) is 12.1 Å². The zero-order chi connectivity index (χ0) is 17.1. The maximum Gasteiger partial charge on any atom is 0.196 e. The van der Waals surface area contributed by atoms with Crippen LogP contribution in [-0.2, 0) is 0 Å². The highest BCUT2D eigenvalue weighted by Crippen LogP contribution is 2.33. The molecule has 0 bridgehead atoms. The van der Waals surface area contributed by atoms with Crippen molar-refractivity contribution in [2.75, 3.05) is 11.9 Å². The highest BCUT2D eigenvalue weighted by atomic mass is 16.1. The van der Waals surface area contributed by atoms with E-state index < -0.39 is 0 Å². The third kappa shape index (κ3) is 2.86. The molecule has 0 aliphatic heterocycles. The number of rotatable bonds is 6. The number of ketones is 2. The van der Waals surface area contributed by atoms with E-state index in [9.17, 15) is 9.59 Å². The van der Waals surface area contributed by atoms with Gasteiger partial charge in [0.25, 0.3) is 0 Å². The average molecular weight is 321 g/mol. The Morgan fingerprint density at radius 3 is 2.29 bits per heavy atom. The predicted octanol–water partition coefficient (Wildman–Crippen LogP) is 4.76. The minimum absolute atomic E-state index is 0.0469. The molecule has 1 aliphatic rings. The Bertz CT molecular complexity index is 792. The highest BCUT2D eigenvalue weighted by Gasteiger charge is 2.32. The summed E-state index contributed by atoms with van der Waals surface area (Å²) in [7, 11) is 0. The lowest BCUT2D eigenvalue weighted by molar-refractivity contribution is 0.0979. The van der Waals surface area contributed by atoms with E-state index in [0.717, 1.165) is 24.2 Å². The van der Waals surface area contributed by atoms with Gasteiger partial charge in [-0.25, -0.2) is 0 Å². The van der Waals surface area contributed by atoms with Crippen LogP contribution in [0.4, 0.5) is 5.69 Å². The second-order valence-electron chi connectivity index (χ2n) is 6.37. The molecule has 3 nitrogen and oxygen atoms in total. The Hall–Kier alpha value is -2.42. The molecule has 0 heterocycles. The topological polar surface area (TPSA) is 46.2 Å². The maximum absolute atomic E-state index is 13.0. The smallest absolute Gasteiger partial charge is 0.196 e. The number of aryl methyl sites for hydroxylation is 1. The number of hydrogen-bond acceptors (Lipinski definition) is 3. The van der Waals surface area contributed by atoms with Crippen molar-refractivity contribution in [3.05, 3.63) is 64.2 Å². The lowest BCUT2D eigenvalue weighted by Crippen LogP contribution is -2.23. The minimum atomic E-state index is -0.0575. The molecule has 1 aliphatic carbocycles. The van der Waals surface area contributed by atoms with Crippen LogP contribution in [-0.4, -0.2) is 18.1 Å². The van der Waals surface area contributed by atoms with E-state index in [0.29, 0.717) is 22.3 Å². The number of anilines is 1. The minimum Gasteiger partial charge on any atom is -0.384 e. The first-order valence-corrected chi connectivity index (χ1v) is 8.71. The molecule has 0 atom stereocenters. The van der Waals surface area contributed by atoms with Gasteiger partial charge in [-0.05, 0) is 25.0 Å². The SMILES string of the molecule is CCCCCCNc1cccc2c1C(=O)c1c(C)cccc1C2=O. The quantitative estimate of drug-likeness (QED) is 0.666. The zero-order valence-corrected chi connectivity index (χ0v) is 14.3. The van der Waals surface area contributed by atoms with Crippen LogP contribution in [0.5, 0.6) is 0 Å². The molecule has 0 saturated carbocycles. The number of unbranched alkanes of at least 4 members (excludes halogenated alkanes) is 3. The number of fused-ring (bicyclic) bond motifs is 2. The van der Waals surface area contributed by atoms with Gasteiger partial charge in [-0.1, -0.05) is 56.5 Å². The summed E-state index contributed by atoms with van der Waals surface area (Å²) in [5.41, 5.74) is 3.74. The van der Waals surface area contributed by atoms with Crippen LogP contribution in [0.15, 0.2) is 36.4 Å². The molecule has 0 radical (unpaired) electrons. The summed E-state index contributed by atoms with van der Waals surface area (Å²) in [5, 5.41) is 3.36. The fourth-order valence-corrected chi connectivity index (χ4v) is 3.34. The Labute approximate surface area is 143 Å². The van der Waals surface area contributed by atoms with Crippen molar-refractivity contribution in [2.45, 2.75) is 39.5 Å². The largest absolute Gasteiger partial charge is 0.384 e. The summed E-state index contributed by atoms with van der Waals surface area (Å²) >= 11 is 0. The lowest BCUT2D eigenvalue weighted by atomic mass is 9.81. The highest BCUT2D eigenvalue weighted by molar-refractivity contribution is 6.30. The van der Waals surface area contributed by atoms with E-state index in [2.05, 4.69) is 12.2 Å². The Balaban J connectivity index is 1.93. The standard InChI is InChI=1S/C21H23NO2/c1-3-4-5-6-13-22-17-12-8-11-16-19(17)21(24)18-14(2)9-7-10-15(18)20(16)23/h7-12,22H,3-6,13H2,1-2H3. The van der Waals surface area contributed by atoms with Gasteiger partial charge in [0.05, 0.1) is 5.56 Å². The van der Waals surface area contributed by atoms with Crippen molar-refractivity contribution in [1.82, 2.24) is 0 Å². The number of carbonyl (C=O) groups excluding carboxylic acids is 2. The maximum atomic E-state index is 13.0. The summed E-state index contributed by atoms with van der Waals surface area (Å²) in [6.45, 7) is 4.89. The molecule has 0 fully saturated rings. The number of nitrogens with one attached hydrogen (secondary N) is 1. The molecule has 0 spiro atoms. The first kappa shape index (κ1) is 16.4. The molecule has 0 saturated heterocycles. The first-order chi connectivity index (χ1) is 11.6. The summed E-state index contributed by atoms with van der Waals surface area (Å²) in [4.78, 5) is 25.8. The van der Waals surface area contributed by atoms with Crippen molar-refractivity contribution in [3.63, 3.8) is 0 Å². The molecule has 0 aromatic heterocycles. The van der Waals surface area contributed by atoms with E-state index in [1.807, 2.05) is 31.2 Å². The van der Waals surface area contributed by atoms with Crippen molar-refractivity contribution >= 4 is 17.3 Å². The van der Waals surface area contributed by atoms with Crippen molar-refractivity contribution in [3.8, 4) is 0 Å². The van der Waals surface area contributed by atoms with Gasteiger partial charge in [-0.15, -0.1) is 0 Å². The molecular formula is C21H23NO2. The summed E-state index contributed by atoms with van der Waals surface area (Å²) in [6.07, 6.45) is 4.66. The van der Waals surface area contributed by atoms with Crippen molar-refractivity contribution in [1.29, 1.82) is 0 Å². The van der Waals surface area contributed by atoms with Crippen LogP contribution in [0.2, 0.25) is 0 Å². The van der Waals surface area contributed by atoms with Crippen LogP contribution < -0.4 is 5.32 Å². The van der Waals surface area contributed by atoms with Crippen molar-refractivity contribution in [2.24, 2.45) is 0 Å². The van der Waals surface area contributed by atoms with Crippen molar-refractivity contribution < 1.29 is 9.59 Å². The molecule has 24 heavy (non-hydrogen) atoms. The molecule has 1 N–H and O–H groups in total. The number of benzene rings is 2. The third-order valence-electron chi connectivity index (χ3n) is 4.63. The van der Waals surface area contributed by atoms with Crippen LogP contribution in [0, 0.1) is 6.92 Å². The fourth-order valence-electron chi connectivity index (χ4n) is 3.34. The van der Waals surface area contributed by atoms with E-state index in [4.69, 9.17) is 0 Å². The first-order valence-electron chi connectivity index (χ1n) is 8.71. The second-order valence-corrected chi connectivity index (χ2v) is 6.37. The number of carbonyl (C=O) groups is 2. The Morgan fingerprint density at radius 1 is 0.833 bits per heavy atom. The normalized spacial score (nSPS) is 12.8. The fraction of sp³-hybridized carbons (Fsp3) is 0.333. The Kier molecular flexibility index (Phi) is 4.79. The van der Waals surface area contributed by atoms with Gasteiger partial charge in [0, 0.05) is 28.9 Å². The lowest BCUT2D eigenvalue weighted by Gasteiger charge is -2.22. The van der Waals surface area contributed by atoms with Crippen LogP contribution in [0.3, 0.4) is 0 Å². The van der Waals surface area contributed by atoms with Gasteiger partial charge in [0.1, 0.15) is 0 Å². The molecule has 0 unspecified atom stereocenters. The number of hydrogen-bond donors (Lipinski definition) is 1. The van der Waals surface area contributed by atoms with Gasteiger partial charge in [0.2, 0.25) is 0 Å². The average Bonchev–Trinajstić information content (AvgIpc) is 2.59. The van der Waals surface area contributed by atoms with E-state index in [-0.39, 0.29) is 11.6 Å². The second kappa shape index (κ2) is 7.00. The third-order valence-corrected chi connectivity index (χ3v) is 4.63. The van der Waals surface area contributed by atoms with Crippen LogP contribution in [0.25, 0.3) is 0 Å². The summed E-state index contributed by atoms with van der Waals surface area (Å²) < 4.78 is 0. The Morgan fingerprint density at radius 2 is 1.54 bits per heavy atom. The molecule has 2 aromatic carbocycles. The van der Waals surface area contributed by atoms with Gasteiger partial charge in [-0.3, -0.25) is 9.59 Å². The zero-order valence-electron chi connectivity index (χ0n) is 14.3. The van der Waals surface area contributed by atoms with E-state index >= 15 is 0 Å². The monoisotopic (exact) mass is 321 g/mol.